The normalized spacial score (nSPS) is 34.7. The molecule has 0 aromatic carbocycles. The molecule has 0 bridgehead atoms. The van der Waals surface area contributed by atoms with Gasteiger partial charge in [-0.25, -0.2) is 0 Å². The Morgan fingerprint density at radius 3 is 2.59 bits per heavy atom. The molecule has 2 fully saturated rings. The highest BCUT2D eigenvalue weighted by atomic mass is 79.9. The highest BCUT2D eigenvalue weighted by Gasteiger charge is 2.30. The quantitative estimate of drug-likeness (QED) is 0.716. The van der Waals surface area contributed by atoms with Crippen LogP contribution in [0, 0.1) is 17.8 Å². The summed E-state index contributed by atoms with van der Waals surface area (Å²) in [5.41, 5.74) is 0. The zero-order chi connectivity index (χ0) is 12.3. The minimum Gasteiger partial charge on any atom is -0.342 e. The molecule has 0 aromatic heterocycles. The fourth-order valence-corrected chi connectivity index (χ4v) is 3.68. The number of carbonyl (C=O) groups excluding carboxylic acids is 1. The molecule has 0 N–H and O–H groups in total. The Kier molecular flexibility index (Phi) is 4.89. The average molecular weight is 302 g/mol. The van der Waals surface area contributed by atoms with Gasteiger partial charge in [-0.3, -0.25) is 4.79 Å². The van der Waals surface area contributed by atoms with E-state index in [1.165, 1.54) is 25.7 Å². The molecule has 1 atom stereocenters. The summed E-state index contributed by atoms with van der Waals surface area (Å²) in [4.78, 5) is 14.6. The van der Waals surface area contributed by atoms with E-state index in [2.05, 4.69) is 27.8 Å². The van der Waals surface area contributed by atoms with Gasteiger partial charge in [-0.2, -0.15) is 0 Å². The van der Waals surface area contributed by atoms with E-state index in [0.717, 1.165) is 37.2 Å². The van der Waals surface area contributed by atoms with Gasteiger partial charge in [0.25, 0.3) is 0 Å². The Hall–Kier alpha value is -0.0500. The third kappa shape index (κ3) is 3.46. The Labute approximate surface area is 113 Å². The lowest BCUT2D eigenvalue weighted by Crippen LogP contribution is -2.44. The van der Waals surface area contributed by atoms with Crippen molar-refractivity contribution in [3.05, 3.63) is 0 Å². The molecule has 0 spiro atoms. The molecule has 17 heavy (non-hydrogen) atoms. The predicted octanol–water partition coefficient (Wildman–Crippen LogP) is 3.45. The van der Waals surface area contributed by atoms with Gasteiger partial charge < -0.3 is 4.90 Å². The Balaban J connectivity index is 1.86. The maximum Gasteiger partial charge on any atom is 0.225 e. The molecule has 0 aromatic rings. The number of rotatable bonds is 2. The van der Waals surface area contributed by atoms with E-state index in [-0.39, 0.29) is 0 Å². The van der Waals surface area contributed by atoms with Crippen LogP contribution in [0.4, 0.5) is 0 Å². The van der Waals surface area contributed by atoms with Crippen LogP contribution in [0.1, 0.15) is 45.4 Å². The first-order valence-corrected chi connectivity index (χ1v) is 8.17. The van der Waals surface area contributed by atoms with Gasteiger partial charge in [0.15, 0.2) is 0 Å². The number of piperidine rings is 1. The van der Waals surface area contributed by atoms with E-state index in [0.29, 0.717) is 17.7 Å². The SMILES string of the molecule is CC1CCC(C(=O)N2CCCC(CBr)C2)CC1. The third-order valence-corrected chi connectivity index (χ3v) is 5.33. The lowest BCUT2D eigenvalue weighted by molar-refractivity contribution is -0.138. The molecule has 2 aliphatic rings. The van der Waals surface area contributed by atoms with Gasteiger partial charge in [-0.1, -0.05) is 22.9 Å². The highest BCUT2D eigenvalue weighted by molar-refractivity contribution is 9.09. The molecule has 2 nitrogen and oxygen atoms in total. The number of amides is 1. The van der Waals surface area contributed by atoms with Gasteiger partial charge in [-0.05, 0) is 50.4 Å². The van der Waals surface area contributed by atoms with Crippen molar-refractivity contribution in [1.29, 1.82) is 0 Å². The van der Waals surface area contributed by atoms with Gasteiger partial charge >= 0.3 is 0 Å². The summed E-state index contributed by atoms with van der Waals surface area (Å²) in [6.45, 7) is 4.28. The molecule has 1 amide bonds. The summed E-state index contributed by atoms with van der Waals surface area (Å²) in [6, 6.07) is 0. The fourth-order valence-electron chi connectivity index (χ4n) is 3.16. The fraction of sp³-hybridized carbons (Fsp3) is 0.929. The van der Waals surface area contributed by atoms with Crippen LogP contribution in [0.2, 0.25) is 0 Å². The zero-order valence-corrected chi connectivity index (χ0v) is 12.4. The first-order valence-electron chi connectivity index (χ1n) is 7.05. The predicted molar refractivity (Wildman–Crippen MR) is 74.2 cm³/mol. The lowest BCUT2D eigenvalue weighted by Gasteiger charge is -2.36. The van der Waals surface area contributed by atoms with Gasteiger partial charge in [-0.15, -0.1) is 0 Å². The van der Waals surface area contributed by atoms with Crippen LogP contribution in [-0.2, 0) is 4.79 Å². The first kappa shape index (κ1) is 13.4. The van der Waals surface area contributed by atoms with Crippen LogP contribution < -0.4 is 0 Å². The molecular formula is C14H24BrNO. The molecule has 1 aliphatic carbocycles. The van der Waals surface area contributed by atoms with Crippen molar-refractivity contribution in [1.82, 2.24) is 4.90 Å². The molecule has 1 saturated carbocycles. The number of nitrogens with zero attached hydrogens (tertiary/aromatic N) is 1. The van der Waals surface area contributed by atoms with Crippen LogP contribution in [0.25, 0.3) is 0 Å². The summed E-state index contributed by atoms with van der Waals surface area (Å²) >= 11 is 3.55. The van der Waals surface area contributed by atoms with Crippen molar-refractivity contribution >= 4 is 21.8 Å². The van der Waals surface area contributed by atoms with E-state index in [1.807, 2.05) is 0 Å². The summed E-state index contributed by atoms with van der Waals surface area (Å²) < 4.78 is 0. The molecule has 2 rings (SSSR count). The van der Waals surface area contributed by atoms with Crippen LogP contribution in [-0.4, -0.2) is 29.2 Å². The minimum absolute atomic E-state index is 0.334. The standard InChI is InChI=1S/C14H24BrNO/c1-11-4-6-13(7-5-11)14(17)16-8-2-3-12(9-15)10-16/h11-13H,2-10H2,1H3. The maximum absolute atomic E-state index is 12.4. The van der Waals surface area contributed by atoms with E-state index in [1.54, 1.807) is 0 Å². The molecule has 0 radical (unpaired) electrons. The second kappa shape index (κ2) is 6.21. The maximum atomic E-state index is 12.4. The molecule has 98 valence electrons. The number of hydrogen-bond acceptors (Lipinski definition) is 1. The minimum atomic E-state index is 0.334. The van der Waals surface area contributed by atoms with Crippen molar-refractivity contribution in [2.45, 2.75) is 45.4 Å². The summed E-state index contributed by atoms with van der Waals surface area (Å²) in [5.74, 6) is 2.29. The smallest absolute Gasteiger partial charge is 0.225 e. The molecular weight excluding hydrogens is 278 g/mol. The summed E-state index contributed by atoms with van der Waals surface area (Å²) in [6.07, 6.45) is 7.19. The van der Waals surface area contributed by atoms with Crippen LogP contribution in [0.15, 0.2) is 0 Å². The summed E-state index contributed by atoms with van der Waals surface area (Å²) in [7, 11) is 0. The van der Waals surface area contributed by atoms with Crippen LogP contribution in [0.5, 0.6) is 0 Å². The van der Waals surface area contributed by atoms with Crippen LogP contribution in [0.3, 0.4) is 0 Å². The third-order valence-electron chi connectivity index (χ3n) is 4.41. The number of likely N-dealkylation sites (tertiary alicyclic amines) is 1. The van der Waals surface area contributed by atoms with Crippen LogP contribution >= 0.6 is 15.9 Å². The van der Waals surface area contributed by atoms with Crippen molar-refractivity contribution in [2.24, 2.45) is 17.8 Å². The zero-order valence-electron chi connectivity index (χ0n) is 10.8. The first-order chi connectivity index (χ1) is 8.20. The largest absolute Gasteiger partial charge is 0.342 e. The second-order valence-electron chi connectivity index (χ2n) is 5.90. The Morgan fingerprint density at radius 2 is 1.94 bits per heavy atom. The van der Waals surface area contributed by atoms with Gasteiger partial charge in [0.05, 0.1) is 0 Å². The highest BCUT2D eigenvalue weighted by Crippen LogP contribution is 2.30. The van der Waals surface area contributed by atoms with Crippen molar-refractivity contribution in [3.63, 3.8) is 0 Å². The lowest BCUT2D eigenvalue weighted by atomic mass is 9.82. The van der Waals surface area contributed by atoms with Crippen molar-refractivity contribution < 1.29 is 4.79 Å². The molecule has 1 heterocycles. The number of hydrogen-bond donors (Lipinski definition) is 0. The molecule has 1 saturated heterocycles. The summed E-state index contributed by atoms with van der Waals surface area (Å²) in [5, 5.41) is 1.04. The van der Waals surface area contributed by atoms with Gasteiger partial charge in [0.2, 0.25) is 5.91 Å². The van der Waals surface area contributed by atoms with E-state index in [9.17, 15) is 4.79 Å². The number of halogens is 1. The molecule has 1 aliphatic heterocycles. The molecule has 3 heteroatoms. The average Bonchev–Trinajstić information content (AvgIpc) is 2.39. The Bertz CT molecular complexity index is 261. The number of carbonyl (C=O) groups is 1. The van der Waals surface area contributed by atoms with E-state index >= 15 is 0 Å². The Morgan fingerprint density at radius 1 is 1.24 bits per heavy atom. The van der Waals surface area contributed by atoms with Gasteiger partial charge in [0, 0.05) is 24.3 Å². The topological polar surface area (TPSA) is 20.3 Å². The monoisotopic (exact) mass is 301 g/mol. The van der Waals surface area contributed by atoms with E-state index < -0.39 is 0 Å². The van der Waals surface area contributed by atoms with Crippen molar-refractivity contribution in [3.8, 4) is 0 Å². The van der Waals surface area contributed by atoms with Crippen molar-refractivity contribution in [2.75, 3.05) is 18.4 Å². The molecule has 1 unspecified atom stereocenters. The van der Waals surface area contributed by atoms with Gasteiger partial charge in [0.1, 0.15) is 0 Å². The number of alkyl halides is 1. The second-order valence-corrected chi connectivity index (χ2v) is 6.55. The van der Waals surface area contributed by atoms with E-state index in [4.69, 9.17) is 0 Å².